The Morgan fingerprint density at radius 2 is 1.84 bits per heavy atom. The highest BCUT2D eigenvalue weighted by Crippen LogP contribution is 2.30. The zero-order valence-electron chi connectivity index (χ0n) is 17.9. The highest BCUT2D eigenvalue weighted by atomic mass is 16.5. The second-order valence-corrected chi connectivity index (χ2v) is 8.30. The standard InChI is InChI=1S/C25H26N6O/c1-4-22(18-6-11-23-19(17-18)3-2-16-32-23)31-24(5-1)28-25(29-31)27-20-7-9-21(10-8-20)30-14-12-26-13-15-30/h1,4-11,17,26H,2-3,12-16H2,(H,27,29). The van der Waals surface area contributed by atoms with Crippen LogP contribution >= 0.6 is 0 Å². The summed E-state index contributed by atoms with van der Waals surface area (Å²) >= 11 is 0. The summed E-state index contributed by atoms with van der Waals surface area (Å²) in [5.41, 5.74) is 6.44. The normalized spacial score (nSPS) is 15.9. The van der Waals surface area contributed by atoms with Gasteiger partial charge in [-0.2, -0.15) is 4.98 Å². The van der Waals surface area contributed by atoms with E-state index >= 15 is 0 Å². The highest BCUT2D eigenvalue weighted by Gasteiger charge is 2.15. The topological polar surface area (TPSA) is 66.7 Å². The second-order valence-electron chi connectivity index (χ2n) is 8.30. The van der Waals surface area contributed by atoms with E-state index in [1.807, 2.05) is 16.6 Å². The van der Waals surface area contributed by atoms with Crippen LogP contribution in [0.2, 0.25) is 0 Å². The molecule has 2 aromatic heterocycles. The number of piperazine rings is 1. The van der Waals surface area contributed by atoms with Crippen LogP contribution in [0.1, 0.15) is 12.0 Å². The fourth-order valence-corrected chi connectivity index (χ4v) is 4.50. The van der Waals surface area contributed by atoms with E-state index in [1.165, 1.54) is 11.3 Å². The van der Waals surface area contributed by atoms with E-state index in [0.717, 1.165) is 74.0 Å². The molecule has 1 saturated heterocycles. The maximum absolute atomic E-state index is 5.77. The van der Waals surface area contributed by atoms with Crippen molar-refractivity contribution in [3.8, 4) is 17.0 Å². The first kappa shape index (κ1) is 19.1. The van der Waals surface area contributed by atoms with E-state index in [1.54, 1.807) is 0 Å². The number of fused-ring (bicyclic) bond motifs is 2. The van der Waals surface area contributed by atoms with Crippen LogP contribution in [0, 0.1) is 0 Å². The predicted octanol–water partition coefficient (Wildman–Crippen LogP) is 3.87. The highest BCUT2D eigenvalue weighted by molar-refractivity contribution is 5.67. The monoisotopic (exact) mass is 426 g/mol. The Hall–Kier alpha value is -3.58. The van der Waals surface area contributed by atoms with Crippen LogP contribution < -0.4 is 20.3 Å². The summed E-state index contributed by atoms with van der Waals surface area (Å²) in [6, 6.07) is 21.0. The van der Waals surface area contributed by atoms with Gasteiger partial charge in [0.25, 0.3) is 0 Å². The maximum atomic E-state index is 5.77. The molecular weight excluding hydrogens is 400 g/mol. The first-order chi connectivity index (χ1) is 15.8. The van der Waals surface area contributed by atoms with Crippen LogP contribution in [-0.4, -0.2) is 47.4 Å². The van der Waals surface area contributed by atoms with Gasteiger partial charge in [-0.3, -0.25) is 0 Å². The molecule has 7 heteroatoms. The maximum Gasteiger partial charge on any atom is 0.247 e. The van der Waals surface area contributed by atoms with Crippen LogP contribution in [0.4, 0.5) is 17.3 Å². The van der Waals surface area contributed by atoms with Crippen molar-refractivity contribution in [2.45, 2.75) is 12.8 Å². The summed E-state index contributed by atoms with van der Waals surface area (Å²) in [6.07, 6.45) is 2.11. The number of rotatable bonds is 4. The van der Waals surface area contributed by atoms with E-state index in [0.29, 0.717) is 5.95 Å². The van der Waals surface area contributed by atoms with Gasteiger partial charge in [0, 0.05) is 43.1 Å². The van der Waals surface area contributed by atoms with Crippen LogP contribution in [0.15, 0.2) is 60.7 Å². The van der Waals surface area contributed by atoms with E-state index in [-0.39, 0.29) is 0 Å². The van der Waals surface area contributed by atoms with Gasteiger partial charge in [-0.25, -0.2) is 4.52 Å². The molecule has 2 aromatic carbocycles. The molecule has 4 aromatic rings. The van der Waals surface area contributed by atoms with Gasteiger partial charge in [-0.05, 0) is 73.0 Å². The zero-order chi connectivity index (χ0) is 21.3. The molecule has 0 unspecified atom stereocenters. The summed E-state index contributed by atoms with van der Waals surface area (Å²) < 4.78 is 7.67. The molecule has 162 valence electrons. The lowest BCUT2D eigenvalue weighted by molar-refractivity contribution is 0.288. The average molecular weight is 427 g/mol. The van der Waals surface area contributed by atoms with Gasteiger partial charge in [-0.1, -0.05) is 6.07 Å². The molecule has 0 atom stereocenters. The van der Waals surface area contributed by atoms with Crippen molar-refractivity contribution in [1.29, 1.82) is 0 Å². The molecule has 1 fully saturated rings. The Morgan fingerprint density at radius 3 is 2.72 bits per heavy atom. The molecule has 2 aliphatic rings. The molecule has 4 heterocycles. The first-order valence-corrected chi connectivity index (χ1v) is 11.3. The van der Waals surface area contributed by atoms with Gasteiger partial charge >= 0.3 is 0 Å². The lowest BCUT2D eigenvalue weighted by Crippen LogP contribution is -2.43. The molecule has 0 radical (unpaired) electrons. The van der Waals surface area contributed by atoms with Gasteiger partial charge < -0.3 is 20.3 Å². The predicted molar refractivity (Wildman–Crippen MR) is 127 cm³/mol. The third-order valence-electron chi connectivity index (χ3n) is 6.17. The largest absolute Gasteiger partial charge is 0.493 e. The van der Waals surface area contributed by atoms with Crippen LogP contribution in [0.5, 0.6) is 5.75 Å². The number of benzene rings is 2. The minimum atomic E-state index is 0.591. The molecule has 2 aliphatic heterocycles. The Labute approximate surface area is 187 Å². The Bertz CT molecular complexity index is 1240. The van der Waals surface area contributed by atoms with Crippen molar-refractivity contribution >= 4 is 23.0 Å². The molecule has 0 amide bonds. The van der Waals surface area contributed by atoms with Crippen molar-refractivity contribution < 1.29 is 4.74 Å². The number of hydrogen-bond donors (Lipinski definition) is 2. The van der Waals surface area contributed by atoms with E-state index in [9.17, 15) is 0 Å². The lowest BCUT2D eigenvalue weighted by Gasteiger charge is -2.29. The second kappa shape index (κ2) is 8.16. The Morgan fingerprint density at radius 1 is 0.969 bits per heavy atom. The van der Waals surface area contributed by atoms with Gasteiger partial charge in [0.1, 0.15) is 5.75 Å². The third-order valence-corrected chi connectivity index (χ3v) is 6.17. The molecule has 2 N–H and O–H groups in total. The average Bonchev–Trinajstić information content (AvgIpc) is 3.27. The molecular formula is C25H26N6O. The molecule has 0 saturated carbocycles. The lowest BCUT2D eigenvalue weighted by atomic mass is 10.0. The zero-order valence-corrected chi connectivity index (χ0v) is 17.9. The van der Waals surface area contributed by atoms with Crippen molar-refractivity contribution in [2.24, 2.45) is 0 Å². The number of hydrogen-bond acceptors (Lipinski definition) is 6. The first-order valence-electron chi connectivity index (χ1n) is 11.3. The fourth-order valence-electron chi connectivity index (χ4n) is 4.50. The molecule has 32 heavy (non-hydrogen) atoms. The van der Waals surface area contributed by atoms with E-state index < -0.39 is 0 Å². The molecule has 7 nitrogen and oxygen atoms in total. The summed E-state index contributed by atoms with van der Waals surface area (Å²) in [6.45, 7) is 4.95. The number of pyridine rings is 1. The fraction of sp³-hybridized carbons (Fsp3) is 0.280. The third kappa shape index (κ3) is 3.65. The minimum absolute atomic E-state index is 0.591. The van der Waals surface area contributed by atoms with Gasteiger partial charge in [0.2, 0.25) is 5.95 Å². The summed E-state index contributed by atoms with van der Waals surface area (Å²) in [5, 5.41) is 11.5. The van der Waals surface area contributed by atoms with Crippen molar-refractivity contribution in [1.82, 2.24) is 19.9 Å². The summed E-state index contributed by atoms with van der Waals surface area (Å²) in [5.74, 6) is 1.59. The van der Waals surface area contributed by atoms with Gasteiger partial charge in [0.15, 0.2) is 5.65 Å². The number of aromatic nitrogens is 3. The quantitative estimate of drug-likeness (QED) is 0.516. The molecule has 0 bridgehead atoms. The van der Waals surface area contributed by atoms with Crippen LogP contribution in [0.25, 0.3) is 16.9 Å². The smallest absolute Gasteiger partial charge is 0.247 e. The molecule has 0 aliphatic carbocycles. The van der Waals surface area contributed by atoms with Crippen molar-refractivity contribution in [3.05, 3.63) is 66.2 Å². The Balaban J connectivity index is 1.26. The number of nitrogens with one attached hydrogen (secondary N) is 2. The number of ether oxygens (including phenoxy) is 1. The summed E-state index contributed by atoms with van der Waals surface area (Å²) in [7, 11) is 0. The minimum Gasteiger partial charge on any atom is -0.493 e. The molecule has 6 rings (SSSR count). The Kier molecular flexibility index (Phi) is 4.88. The number of nitrogens with zero attached hydrogens (tertiary/aromatic N) is 4. The van der Waals surface area contributed by atoms with Crippen molar-refractivity contribution in [3.63, 3.8) is 0 Å². The molecule has 0 spiro atoms. The number of aryl methyl sites for hydroxylation is 1. The SMILES string of the molecule is c1cc(-c2ccc3c(c2)CCCO3)n2nc(Nc3ccc(N4CCNCC4)cc3)nc2c1. The van der Waals surface area contributed by atoms with Crippen LogP contribution in [-0.2, 0) is 6.42 Å². The van der Waals surface area contributed by atoms with Gasteiger partial charge in [0.05, 0.1) is 12.3 Å². The van der Waals surface area contributed by atoms with E-state index in [4.69, 9.17) is 14.8 Å². The number of anilines is 3. The van der Waals surface area contributed by atoms with Crippen molar-refractivity contribution in [2.75, 3.05) is 43.0 Å². The van der Waals surface area contributed by atoms with Gasteiger partial charge in [-0.15, -0.1) is 5.10 Å². The van der Waals surface area contributed by atoms with Crippen LogP contribution in [0.3, 0.4) is 0 Å². The summed E-state index contributed by atoms with van der Waals surface area (Å²) in [4.78, 5) is 7.09. The van der Waals surface area contributed by atoms with E-state index in [2.05, 4.69) is 64.1 Å².